The summed E-state index contributed by atoms with van der Waals surface area (Å²) in [6, 6.07) is 14.8. The second-order valence-electron chi connectivity index (χ2n) is 4.62. The number of halogens is 2. The van der Waals surface area contributed by atoms with Gasteiger partial charge >= 0.3 is 0 Å². The molecular weight excluding hydrogens is 386 g/mol. The number of thiophene rings is 2. The number of hydrogen-bond donors (Lipinski definition) is 1. The molecule has 0 saturated heterocycles. The van der Waals surface area contributed by atoms with Crippen molar-refractivity contribution in [1.29, 1.82) is 0 Å². The Morgan fingerprint density at radius 1 is 1.10 bits per heavy atom. The minimum absolute atomic E-state index is 0.275. The molecule has 2 aromatic heterocycles. The predicted octanol–water partition coefficient (Wildman–Crippen LogP) is 6.62. The standard InChI is InChI=1S/C16H13BrClNS2/c17-13-9-11(5-6-14(13)18)19-15(16-4-2-8-21-16)10-12-3-1-7-20-12/h1-9,15,19H,10H2. The fourth-order valence-corrected chi connectivity index (χ4v) is 4.16. The van der Waals surface area contributed by atoms with E-state index in [1.54, 1.807) is 22.7 Å². The molecule has 1 N–H and O–H groups in total. The van der Waals surface area contributed by atoms with Gasteiger partial charge in [-0.2, -0.15) is 0 Å². The third-order valence-electron chi connectivity index (χ3n) is 3.13. The van der Waals surface area contributed by atoms with Gasteiger partial charge in [-0.05, 0) is 57.0 Å². The lowest BCUT2D eigenvalue weighted by molar-refractivity contribution is 0.802. The summed E-state index contributed by atoms with van der Waals surface area (Å²) in [5, 5.41) is 8.59. The van der Waals surface area contributed by atoms with Crippen molar-refractivity contribution in [1.82, 2.24) is 0 Å². The van der Waals surface area contributed by atoms with Crippen LogP contribution in [0.5, 0.6) is 0 Å². The van der Waals surface area contributed by atoms with Gasteiger partial charge in [0.15, 0.2) is 0 Å². The average Bonchev–Trinajstić information content (AvgIpc) is 3.15. The van der Waals surface area contributed by atoms with E-state index < -0.39 is 0 Å². The Bertz CT molecular complexity index is 695. The van der Waals surface area contributed by atoms with E-state index in [2.05, 4.69) is 56.3 Å². The highest BCUT2D eigenvalue weighted by Crippen LogP contribution is 2.31. The van der Waals surface area contributed by atoms with Gasteiger partial charge in [0.25, 0.3) is 0 Å². The van der Waals surface area contributed by atoms with Crippen molar-refractivity contribution < 1.29 is 0 Å². The highest BCUT2D eigenvalue weighted by atomic mass is 79.9. The summed E-state index contributed by atoms with van der Waals surface area (Å²) in [7, 11) is 0. The largest absolute Gasteiger partial charge is 0.377 e. The second kappa shape index (κ2) is 6.97. The minimum Gasteiger partial charge on any atom is -0.377 e. The lowest BCUT2D eigenvalue weighted by atomic mass is 10.1. The zero-order valence-corrected chi connectivity index (χ0v) is 15.0. The molecule has 1 aromatic carbocycles. The van der Waals surface area contributed by atoms with Crippen molar-refractivity contribution in [3.8, 4) is 0 Å². The Morgan fingerprint density at radius 2 is 1.90 bits per heavy atom. The van der Waals surface area contributed by atoms with Gasteiger partial charge in [0, 0.05) is 26.3 Å². The second-order valence-corrected chi connectivity index (χ2v) is 7.90. The van der Waals surface area contributed by atoms with E-state index in [0.29, 0.717) is 0 Å². The lowest BCUT2D eigenvalue weighted by Crippen LogP contribution is -2.11. The quantitative estimate of drug-likeness (QED) is 0.509. The molecule has 1 nitrogen and oxygen atoms in total. The van der Waals surface area contributed by atoms with Crippen LogP contribution in [0.4, 0.5) is 5.69 Å². The van der Waals surface area contributed by atoms with E-state index in [4.69, 9.17) is 11.6 Å². The number of hydrogen-bond acceptors (Lipinski definition) is 3. The molecule has 0 aliphatic carbocycles. The SMILES string of the molecule is Clc1ccc(NC(Cc2cccs2)c2cccs2)cc1Br. The van der Waals surface area contributed by atoms with E-state index in [1.165, 1.54) is 9.75 Å². The number of rotatable bonds is 5. The molecule has 0 spiro atoms. The summed E-state index contributed by atoms with van der Waals surface area (Å²) in [6.07, 6.45) is 0.985. The molecule has 0 saturated carbocycles. The third kappa shape index (κ3) is 3.89. The Kier molecular flexibility index (Phi) is 5.01. The number of anilines is 1. The van der Waals surface area contributed by atoms with Crippen LogP contribution < -0.4 is 5.32 Å². The van der Waals surface area contributed by atoms with Crippen LogP contribution >= 0.6 is 50.2 Å². The van der Waals surface area contributed by atoms with Gasteiger partial charge in [-0.3, -0.25) is 0 Å². The van der Waals surface area contributed by atoms with E-state index in [9.17, 15) is 0 Å². The maximum atomic E-state index is 6.06. The molecule has 21 heavy (non-hydrogen) atoms. The molecule has 0 fully saturated rings. The average molecular weight is 399 g/mol. The normalized spacial score (nSPS) is 12.3. The Morgan fingerprint density at radius 3 is 2.57 bits per heavy atom. The third-order valence-corrected chi connectivity index (χ3v) is 6.23. The van der Waals surface area contributed by atoms with Gasteiger partial charge in [-0.1, -0.05) is 23.7 Å². The lowest BCUT2D eigenvalue weighted by Gasteiger charge is -2.18. The van der Waals surface area contributed by atoms with E-state index in [1.807, 2.05) is 18.2 Å². The highest BCUT2D eigenvalue weighted by molar-refractivity contribution is 9.10. The Labute approximate surface area is 145 Å². The van der Waals surface area contributed by atoms with E-state index >= 15 is 0 Å². The predicted molar refractivity (Wildman–Crippen MR) is 97.9 cm³/mol. The van der Waals surface area contributed by atoms with Gasteiger partial charge in [-0.25, -0.2) is 0 Å². The van der Waals surface area contributed by atoms with Crippen LogP contribution in [0.15, 0.2) is 57.7 Å². The molecular formula is C16H13BrClNS2. The Balaban J connectivity index is 1.83. The summed E-state index contributed by atoms with van der Waals surface area (Å²) >= 11 is 13.1. The molecule has 3 rings (SSSR count). The van der Waals surface area contributed by atoms with Crippen LogP contribution in [-0.4, -0.2) is 0 Å². The Hall–Kier alpha value is -0.810. The molecule has 3 aromatic rings. The first kappa shape index (κ1) is 15.1. The molecule has 5 heteroatoms. The first-order valence-electron chi connectivity index (χ1n) is 6.50. The van der Waals surface area contributed by atoms with Crippen molar-refractivity contribution in [2.24, 2.45) is 0 Å². The zero-order chi connectivity index (χ0) is 14.7. The topological polar surface area (TPSA) is 12.0 Å². The van der Waals surface area contributed by atoms with Crippen LogP contribution in [0.1, 0.15) is 15.8 Å². The first-order valence-corrected chi connectivity index (χ1v) is 9.43. The zero-order valence-electron chi connectivity index (χ0n) is 11.1. The van der Waals surface area contributed by atoms with E-state index in [-0.39, 0.29) is 6.04 Å². The highest BCUT2D eigenvalue weighted by Gasteiger charge is 2.14. The van der Waals surface area contributed by atoms with E-state index in [0.717, 1.165) is 21.6 Å². The summed E-state index contributed by atoms with van der Waals surface area (Å²) < 4.78 is 0.912. The van der Waals surface area contributed by atoms with Crippen LogP contribution in [0, 0.1) is 0 Å². The molecule has 0 aliphatic heterocycles. The summed E-state index contributed by atoms with van der Waals surface area (Å²) in [4.78, 5) is 2.73. The maximum absolute atomic E-state index is 6.06. The fourth-order valence-electron chi connectivity index (χ4n) is 2.13. The van der Waals surface area contributed by atoms with Crippen molar-refractivity contribution in [3.05, 3.63) is 72.5 Å². The van der Waals surface area contributed by atoms with Crippen molar-refractivity contribution in [2.45, 2.75) is 12.5 Å². The molecule has 1 unspecified atom stereocenters. The minimum atomic E-state index is 0.275. The summed E-state index contributed by atoms with van der Waals surface area (Å²) in [5.41, 5.74) is 1.07. The molecule has 0 amide bonds. The van der Waals surface area contributed by atoms with Crippen LogP contribution in [0.2, 0.25) is 5.02 Å². The molecule has 1 atom stereocenters. The number of benzene rings is 1. The first-order chi connectivity index (χ1) is 10.2. The van der Waals surface area contributed by atoms with Gasteiger partial charge in [0.1, 0.15) is 0 Å². The maximum Gasteiger partial charge on any atom is 0.0654 e. The van der Waals surface area contributed by atoms with Gasteiger partial charge < -0.3 is 5.32 Å². The van der Waals surface area contributed by atoms with Gasteiger partial charge in [0.2, 0.25) is 0 Å². The molecule has 0 aliphatic rings. The van der Waals surface area contributed by atoms with Crippen LogP contribution in [0.3, 0.4) is 0 Å². The van der Waals surface area contributed by atoms with Gasteiger partial charge in [-0.15, -0.1) is 22.7 Å². The molecule has 2 heterocycles. The van der Waals surface area contributed by atoms with Crippen LogP contribution in [0.25, 0.3) is 0 Å². The van der Waals surface area contributed by atoms with Crippen LogP contribution in [-0.2, 0) is 6.42 Å². The van der Waals surface area contributed by atoms with Crippen molar-refractivity contribution in [3.63, 3.8) is 0 Å². The summed E-state index contributed by atoms with van der Waals surface area (Å²) in [6.45, 7) is 0. The van der Waals surface area contributed by atoms with Crippen molar-refractivity contribution in [2.75, 3.05) is 5.32 Å². The van der Waals surface area contributed by atoms with Crippen molar-refractivity contribution >= 4 is 55.9 Å². The monoisotopic (exact) mass is 397 g/mol. The molecule has 0 radical (unpaired) electrons. The summed E-state index contributed by atoms with van der Waals surface area (Å²) in [5.74, 6) is 0. The molecule has 108 valence electrons. The van der Waals surface area contributed by atoms with Gasteiger partial charge in [0.05, 0.1) is 11.1 Å². The fraction of sp³-hybridized carbons (Fsp3) is 0.125. The number of nitrogens with one attached hydrogen (secondary N) is 1. The molecule has 0 bridgehead atoms. The smallest absolute Gasteiger partial charge is 0.0654 e.